The molecule has 23 heavy (non-hydrogen) atoms. The molecule has 1 unspecified atom stereocenters. The number of benzene rings is 2. The highest BCUT2D eigenvalue weighted by molar-refractivity contribution is 5.63. The Labute approximate surface area is 133 Å². The molecule has 2 aromatic carbocycles. The Morgan fingerprint density at radius 3 is 2.83 bits per heavy atom. The number of hydrogen-bond donors (Lipinski definition) is 0. The number of rotatable bonds is 3. The molecule has 1 aliphatic rings. The quantitative estimate of drug-likeness (QED) is 0.738. The third-order valence-corrected chi connectivity index (χ3v) is 4.02. The Morgan fingerprint density at radius 1 is 1.13 bits per heavy atom. The van der Waals surface area contributed by atoms with Crippen molar-refractivity contribution in [3.05, 3.63) is 59.5 Å². The smallest absolute Gasteiger partial charge is 0.268 e. The van der Waals surface area contributed by atoms with Gasteiger partial charge in [-0.3, -0.25) is 0 Å². The summed E-state index contributed by atoms with van der Waals surface area (Å²) < 4.78 is 16.8. The van der Waals surface area contributed by atoms with Gasteiger partial charge in [-0.05, 0) is 30.2 Å². The van der Waals surface area contributed by atoms with Crippen molar-refractivity contribution in [2.75, 3.05) is 7.11 Å². The number of aromatic nitrogens is 2. The number of aryl methyl sites for hydroxylation is 1. The van der Waals surface area contributed by atoms with Crippen LogP contribution < -0.4 is 9.47 Å². The van der Waals surface area contributed by atoms with E-state index in [0.717, 1.165) is 23.3 Å². The number of hydrogen-bond acceptors (Lipinski definition) is 5. The van der Waals surface area contributed by atoms with E-state index in [1.54, 1.807) is 7.11 Å². The van der Waals surface area contributed by atoms with Crippen LogP contribution in [0.3, 0.4) is 0 Å². The van der Waals surface area contributed by atoms with E-state index in [4.69, 9.17) is 14.0 Å². The fraction of sp³-hybridized carbons (Fsp3) is 0.222. The van der Waals surface area contributed by atoms with E-state index in [1.807, 2.05) is 43.3 Å². The summed E-state index contributed by atoms with van der Waals surface area (Å²) in [5, 5.41) is 4.08. The van der Waals surface area contributed by atoms with Gasteiger partial charge < -0.3 is 14.0 Å². The molecule has 1 aliphatic heterocycles. The van der Waals surface area contributed by atoms with Crippen LogP contribution in [0.25, 0.3) is 11.4 Å². The first-order valence-electron chi connectivity index (χ1n) is 7.48. The monoisotopic (exact) mass is 308 g/mol. The lowest BCUT2D eigenvalue weighted by atomic mass is 10.1. The lowest BCUT2D eigenvalue weighted by Crippen LogP contribution is -2.03. The maximum atomic E-state index is 6.00. The van der Waals surface area contributed by atoms with Crippen LogP contribution in [0.2, 0.25) is 0 Å². The first kappa shape index (κ1) is 13.8. The summed E-state index contributed by atoms with van der Waals surface area (Å²) in [5.41, 5.74) is 3.10. The highest BCUT2D eigenvalue weighted by Crippen LogP contribution is 2.39. The molecule has 2 heterocycles. The Hall–Kier alpha value is -2.82. The van der Waals surface area contributed by atoms with Gasteiger partial charge in [0.2, 0.25) is 5.82 Å². The van der Waals surface area contributed by atoms with Crippen molar-refractivity contribution in [2.24, 2.45) is 0 Å². The van der Waals surface area contributed by atoms with Crippen molar-refractivity contribution in [3.63, 3.8) is 0 Å². The van der Waals surface area contributed by atoms with Gasteiger partial charge in [-0.15, -0.1) is 0 Å². The van der Waals surface area contributed by atoms with Crippen molar-refractivity contribution in [3.8, 4) is 22.9 Å². The third-order valence-electron chi connectivity index (χ3n) is 4.02. The first-order chi connectivity index (χ1) is 11.3. The van der Waals surface area contributed by atoms with Gasteiger partial charge in [-0.25, -0.2) is 0 Å². The molecule has 0 bridgehead atoms. The molecule has 0 amide bonds. The highest BCUT2D eigenvalue weighted by Gasteiger charge is 2.30. The zero-order chi connectivity index (χ0) is 15.8. The van der Waals surface area contributed by atoms with Crippen molar-refractivity contribution in [1.29, 1.82) is 0 Å². The van der Waals surface area contributed by atoms with Crippen LogP contribution in [0.5, 0.6) is 11.5 Å². The first-order valence-corrected chi connectivity index (χ1v) is 7.48. The van der Waals surface area contributed by atoms with Crippen molar-refractivity contribution in [2.45, 2.75) is 19.4 Å². The summed E-state index contributed by atoms with van der Waals surface area (Å²) in [7, 11) is 1.62. The minimum atomic E-state index is -0.234. The molecule has 4 rings (SSSR count). The van der Waals surface area contributed by atoms with E-state index in [9.17, 15) is 0 Å². The van der Waals surface area contributed by atoms with Gasteiger partial charge in [0.1, 0.15) is 11.5 Å². The average molecular weight is 308 g/mol. The van der Waals surface area contributed by atoms with Crippen LogP contribution in [0, 0.1) is 6.92 Å². The van der Waals surface area contributed by atoms with Crippen molar-refractivity contribution < 1.29 is 14.0 Å². The topological polar surface area (TPSA) is 57.4 Å². The molecule has 5 nitrogen and oxygen atoms in total. The van der Waals surface area contributed by atoms with E-state index >= 15 is 0 Å². The molecule has 0 aliphatic carbocycles. The van der Waals surface area contributed by atoms with Gasteiger partial charge in [0.25, 0.3) is 5.89 Å². The van der Waals surface area contributed by atoms with Gasteiger partial charge in [-0.2, -0.15) is 4.98 Å². The Morgan fingerprint density at radius 2 is 2.00 bits per heavy atom. The molecule has 1 aromatic heterocycles. The Kier molecular flexibility index (Phi) is 3.26. The van der Waals surface area contributed by atoms with E-state index in [2.05, 4.69) is 16.2 Å². The Balaban J connectivity index is 1.64. The van der Waals surface area contributed by atoms with Gasteiger partial charge in [0.05, 0.1) is 12.7 Å². The maximum absolute atomic E-state index is 6.00. The van der Waals surface area contributed by atoms with Gasteiger partial charge in [0.15, 0.2) is 6.10 Å². The van der Waals surface area contributed by atoms with E-state index in [0.29, 0.717) is 17.5 Å². The second kappa shape index (κ2) is 5.43. The summed E-state index contributed by atoms with van der Waals surface area (Å²) in [6.45, 7) is 2.04. The molecule has 0 saturated carbocycles. The molecule has 0 radical (unpaired) electrons. The maximum Gasteiger partial charge on any atom is 0.268 e. The minimum Gasteiger partial charge on any atom is -0.496 e. The van der Waals surface area contributed by atoms with Crippen LogP contribution in [-0.4, -0.2) is 17.3 Å². The number of para-hydroxylation sites is 2. The summed E-state index contributed by atoms with van der Waals surface area (Å²) in [5.74, 6) is 2.64. The number of nitrogens with zero attached hydrogens (tertiary/aromatic N) is 2. The Bertz CT molecular complexity index is 857. The minimum absolute atomic E-state index is 0.234. The highest BCUT2D eigenvalue weighted by atomic mass is 16.5. The predicted octanol–water partition coefficient (Wildman–Crippen LogP) is 3.73. The largest absolute Gasteiger partial charge is 0.496 e. The van der Waals surface area contributed by atoms with Crippen LogP contribution in [0.4, 0.5) is 0 Å². The SMILES string of the molecule is COc1ccccc1-c1noc(C2Cc3cccc(C)c3O2)n1. The molecule has 5 heteroatoms. The van der Waals surface area contributed by atoms with Crippen LogP contribution in [-0.2, 0) is 6.42 Å². The van der Waals surface area contributed by atoms with E-state index in [-0.39, 0.29) is 6.10 Å². The number of fused-ring (bicyclic) bond motifs is 1. The van der Waals surface area contributed by atoms with Crippen molar-refractivity contribution >= 4 is 0 Å². The molecule has 3 aromatic rings. The molecule has 116 valence electrons. The normalized spacial score (nSPS) is 16.0. The summed E-state index contributed by atoms with van der Waals surface area (Å²) in [4.78, 5) is 4.50. The fourth-order valence-corrected chi connectivity index (χ4v) is 2.87. The third kappa shape index (κ3) is 2.34. The zero-order valence-electron chi connectivity index (χ0n) is 12.9. The fourth-order valence-electron chi connectivity index (χ4n) is 2.87. The summed E-state index contributed by atoms with van der Waals surface area (Å²) in [6.07, 6.45) is 0.506. The molecule has 0 fully saturated rings. The molecular weight excluding hydrogens is 292 g/mol. The molecule has 0 spiro atoms. The molecule has 0 N–H and O–H groups in total. The molecule has 1 atom stereocenters. The summed E-state index contributed by atoms with van der Waals surface area (Å²) in [6, 6.07) is 13.7. The van der Waals surface area contributed by atoms with Gasteiger partial charge >= 0.3 is 0 Å². The van der Waals surface area contributed by atoms with E-state index < -0.39 is 0 Å². The van der Waals surface area contributed by atoms with Crippen LogP contribution in [0.15, 0.2) is 47.0 Å². The number of methoxy groups -OCH3 is 1. The number of ether oxygens (including phenoxy) is 2. The average Bonchev–Trinajstić information content (AvgIpc) is 3.22. The lowest BCUT2D eigenvalue weighted by Gasteiger charge is -2.06. The molecular formula is C18H16N2O3. The van der Waals surface area contributed by atoms with E-state index in [1.165, 1.54) is 5.56 Å². The second-order valence-corrected chi connectivity index (χ2v) is 5.53. The zero-order valence-corrected chi connectivity index (χ0v) is 12.9. The standard InChI is InChI=1S/C18H16N2O3/c1-11-6-5-7-12-10-15(22-16(11)12)18-19-17(20-23-18)13-8-3-4-9-14(13)21-2/h3-9,15H,10H2,1-2H3. The van der Waals surface area contributed by atoms with Crippen LogP contribution >= 0.6 is 0 Å². The van der Waals surface area contributed by atoms with Crippen molar-refractivity contribution in [1.82, 2.24) is 10.1 Å². The molecule has 0 saturated heterocycles. The summed E-state index contributed by atoms with van der Waals surface area (Å²) >= 11 is 0. The van der Waals surface area contributed by atoms with Gasteiger partial charge in [0, 0.05) is 6.42 Å². The van der Waals surface area contributed by atoms with Crippen LogP contribution in [0.1, 0.15) is 23.1 Å². The van der Waals surface area contributed by atoms with Gasteiger partial charge in [-0.1, -0.05) is 35.5 Å². The predicted molar refractivity (Wildman–Crippen MR) is 84.5 cm³/mol. The lowest BCUT2D eigenvalue weighted by molar-refractivity contribution is 0.182. The second-order valence-electron chi connectivity index (χ2n) is 5.53.